The lowest BCUT2D eigenvalue weighted by atomic mass is 10.1. The van der Waals surface area contributed by atoms with Crippen LogP contribution in [-0.4, -0.2) is 40.0 Å². The highest BCUT2D eigenvalue weighted by Crippen LogP contribution is 2.20. The predicted octanol–water partition coefficient (Wildman–Crippen LogP) is 2.67. The van der Waals surface area contributed by atoms with E-state index in [1.807, 2.05) is 0 Å². The molecular weight excluding hydrogens is 404 g/mol. The molecule has 30 heavy (non-hydrogen) atoms. The summed E-state index contributed by atoms with van der Waals surface area (Å²) in [5.74, 6) is -0.931. The third-order valence-corrected chi connectivity index (χ3v) is 6.72. The van der Waals surface area contributed by atoms with Gasteiger partial charge in [-0.05, 0) is 49.1 Å². The van der Waals surface area contributed by atoms with Crippen molar-refractivity contribution in [2.45, 2.75) is 43.0 Å². The average Bonchev–Trinajstić information content (AvgIpc) is 3.25. The first-order chi connectivity index (χ1) is 14.4. The number of amides is 1. The molecule has 0 atom stereocenters. The Morgan fingerprint density at radius 2 is 1.63 bits per heavy atom. The molecule has 1 aliphatic carbocycles. The van der Waals surface area contributed by atoms with Crippen LogP contribution in [0.1, 0.15) is 52.0 Å². The number of carbonyl (C=O) groups excluding carboxylic acids is 2. The lowest BCUT2D eigenvalue weighted by molar-refractivity contribution is 0.0596. The van der Waals surface area contributed by atoms with Crippen LogP contribution in [0.5, 0.6) is 0 Å². The first kappa shape index (κ1) is 22.0. The Kier molecular flexibility index (Phi) is 7.23. The highest BCUT2D eigenvalue weighted by Gasteiger charge is 2.22. The number of methoxy groups -OCH3 is 1. The van der Waals surface area contributed by atoms with Gasteiger partial charge < -0.3 is 10.1 Å². The number of esters is 1. The molecule has 2 aromatic carbocycles. The molecule has 0 saturated heterocycles. The van der Waals surface area contributed by atoms with Gasteiger partial charge in [0, 0.05) is 12.6 Å². The van der Waals surface area contributed by atoms with Crippen LogP contribution in [-0.2, 0) is 21.2 Å². The Balaban J connectivity index is 1.56. The van der Waals surface area contributed by atoms with Crippen LogP contribution < -0.4 is 10.0 Å². The van der Waals surface area contributed by atoms with Crippen LogP contribution in [0.25, 0.3) is 0 Å². The summed E-state index contributed by atoms with van der Waals surface area (Å²) in [5, 5.41) is 2.78. The predicted molar refractivity (Wildman–Crippen MR) is 113 cm³/mol. The van der Waals surface area contributed by atoms with Gasteiger partial charge in [-0.25, -0.2) is 17.9 Å². The van der Waals surface area contributed by atoms with Crippen molar-refractivity contribution >= 4 is 21.9 Å². The van der Waals surface area contributed by atoms with Crippen LogP contribution in [0.4, 0.5) is 0 Å². The van der Waals surface area contributed by atoms with Gasteiger partial charge >= 0.3 is 5.97 Å². The molecule has 0 aliphatic heterocycles. The highest BCUT2D eigenvalue weighted by molar-refractivity contribution is 7.89. The summed E-state index contributed by atoms with van der Waals surface area (Å²) in [5.41, 5.74) is 1.36. The minimum Gasteiger partial charge on any atom is -0.465 e. The standard InChI is InChI=1S/C22H26N2O5S/c1-29-22(26)20-9-5-4-8-19(20)21(25)23-15-14-16-10-12-18(13-11-16)30(27,28)24-17-6-2-3-7-17/h4-5,8-13,17,24H,2-3,6-7,14-15H2,1H3,(H,23,25). The summed E-state index contributed by atoms with van der Waals surface area (Å²) in [7, 11) is -2.24. The molecule has 1 fully saturated rings. The number of hydrogen-bond acceptors (Lipinski definition) is 5. The van der Waals surface area contributed by atoms with E-state index in [1.54, 1.807) is 48.5 Å². The Labute approximate surface area is 176 Å². The van der Waals surface area contributed by atoms with E-state index in [1.165, 1.54) is 7.11 Å². The molecule has 0 heterocycles. The maximum Gasteiger partial charge on any atom is 0.338 e. The first-order valence-electron chi connectivity index (χ1n) is 9.97. The van der Waals surface area contributed by atoms with Crippen molar-refractivity contribution < 1.29 is 22.7 Å². The Bertz CT molecular complexity index is 996. The third-order valence-electron chi connectivity index (χ3n) is 5.19. The second-order valence-corrected chi connectivity index (χ2v) is 9.00. The zero-order valence-corrected chi connectivity index (χ0v) is 17.7. The van der Waals surface area contributed by atoms with E-state index in [2.05, 4.69) is 10.0 Å². The molecule has 7 nitrogen and oxygen atoms in total. The SMILES string of the molecule is COC(=O)c1ccccc1C(=O)NCCc1ccc(S(=O)(=O)NC2CCCC2)cc1. The highest BCUT2D eigenvalue weighted by atomic mass is 32.2. The van der Waals surface area contributed by atoms with E-state index < -0.39 is 16.0 Å². The summed E-state index contributed by atoms with van der Waals surface area (Å²) in [4.78, 5) is 24.5. The van der Waals surface area contributed by atoms with Crippen LogP contribution in [0.15, 0.2) is 53.4 Å². The lowest BCUT2D eigenvalue weighted by Crippen LogP contribution is -2.32. The molecule has 160 valence electrons. The van der Waals surface area contributed by atoms with E-state index in [9.17, 15) is 18.0 Å². The maximum atomic E-state index is 12.5. The van der Waals surface area contributed by atoms with Crippen molar-refractivity contribution in [1.82, 2.24) is 10.0 Å². The maximum absolute atomic E-state index is 12.5. The van der Waals surface area contributed by atoms with Crippen LogP contribution in [0.3, 0.4) is 0 Å². The van der Waals surface area contributed by atoms with Crippen LogP contribution in [0.2, 0.25) is 0 Å². The number of benzene rings is 2. The molecule has 2 aromatic rings. The van der Waals surface area contributed by atoms with Gasteiger partial charge in [-0.15, -0.1) is 0 Å². The fourth-order valence-electron chi connectivity index (χ4n) is 3.55. The van der Waals surface area contributed by atoms with Crippen molar-refractivity contribution in [1.29, 1.82) is 0 Å². The van der Waals surface area contributed by atoms with Crippen molar-refractivity contribution in [3.63, 3.8) is 0 Å². The van der Waals surface area contributed by atoms with E-state index in [0.29, 0.717) is 13.0 Å². The van der Waals surface area contributed by atoms with Crippen molar-refractivity contribution in [2.75, 3.05) is 13.7 Å². The topological polar surface area (TPSA) is 102 Å². The average molecular weight is 431 g/mol. The second kappa shape index (κ2) is 9.86. The monoisotopic (exact) mass is 430 g/mol. The number of sulfonamides is 1. The summed E-state index contributed by atoms with van der Waals surface area (Å²) in [6.07, 6.45) is 4.42. The molecule has 2 N–H and O–H groups in total. The number of ether oxygens (including phenoxy) is 1. The number of carbonyl (C=O) groups is 2. The molecule has 1 amide bonds. The molecule has 0 unspecified atom stereocenters. The van der Waals surface area contributed by atoms with Gasteiger partial charge in [-0.2, -0.15) is 0 Å². The number of hydrogen-bond donors (Lipinski definition) is 2. The number of rotatable bonds is 8. The molecule has 0 aromatic heterocycles. The smallest absolute Gasteiger partial charge is 0.338 e. The summed E-state index contributed by atoms with van der Waals surface area (Å²) in [6.45, 7) is 0.348. The minimum absolute atomic E-state index is 0.0257. The fourth-order valence-corrected chi connectivity index (χ4v) is 4.86. The van der Waals surface area contributed by atoms with Crippen molar-refractivity contribution in [2.24, 2.45) is 0 Å². The van der Waals surface area contributed by atoms with Gasteiger partial charge in [0.2, 0.25) is 10.0 Å². The van der Waals surface area contributed by atoms with E-state index in [-0.39, 0.29) is 28.0 Å². The zero-order chi connectivity index (χ0) is 21.6. The molecule has 0 bridgehead atoms. The van der Waals surface area contributed by atoms with E-state index >= 15 is 0 Å². The summed E-state index contributed by atoms with van der Waals surface area (Å²) >= 11 is 0. The number of nitrogens with one attached hydrogen (secondary N) is 2. The third kappa shape index (κ3) is 5.46. The molecular formula is C22H26N2O5S. The zero-order valence-electron chi connectivity index (χ0n) is 16.9. The Morgan fingerprint density at radius 3 is 2.27 bits per heavy atom. The lowest BCUT2D eigenvalue weighted by Gasteiger charge is -2.13. The van der Waals surface area contributed by atoms with Gasteiger partial charge in [-0.3, -0.25) is 4.79 Å². The van der Waals surface area contributed by atoms with Gasteiger partial charge in [0.1, 0.15) is 0 Å². The quantitative estimate of drug-likeness (QED) is 0.627. The molecule has 1 saturated carbocycles. The fraction of sp³-hybridized carbons (Fsp3) is 0.364. The summed E-state index contributed by atoms with van der Waals surface area (Å²) < 4.78 is 32.4. The Hall–Kier alpha value is -2.71. The molecule has 1 aliphatic rings. The van der Waals surface area contributed by atoms with Gasteiger partial charge in [0.15, 0.2) is 0 Å². The molecule has 3 rings (SSSR count). The van der Waals surface area contributed by atoms with Gasteiger partial charge in [-0.1, -0.05) is 37.1 Å². The van der Waals surface area contributed by atoms with Gasteiger partial charge in [0.05, 0.1) is 23.1 Å². The summed E-state index contributed by atoms with van der Waals surface area (Å²) in [6, 6.07) is 13.1. The normalized spacial score (nSPS) is 14.4. The van der Waals surface area contributed by atoms with Gasteiger partial charge in [0.25, 0.3) is 5.91 Å². The minimum atomic E-state index is -3.51. The molecule has 8 heteroatoms. The second-order valence-electron chi connectivity index (χ2n) is 7.29. The largest absolute Gasteiger partial charge is 0.465 e. The molecule has 0 radical (unpaired) electrons. The van der Waals surface area contributed by atoms with Crippen molar-refractivity contribution in [3.05, 3.63) is 65.2 Å². The van der Waals surface area contributed by atoms with E-state index in [4.69, 9.17) is 4.74 Å². The van der Waals surface area contributed by atoms with E-state index in [0.717, 1.165) is 31.2 Å². The Morgan fingerprint density at radius 1 is 1.00 bits per heavy atom. The first-order valence-corrected chi connectivity index (χ1v) is 11.5. The van der Waals surface area contributed by atoms with Crippen LogP contribution >= 0.6 is 0 Å². The molecule has 0 spiro atoms. The van der Waals surface area contributed by atoms with Crippen molar-refractivity contribution in [3.8, 4) is 0 Å². The van der Waals surface area contributed by atoms with Crippen LogP contribution in [0, 0.1) is 0 Å².